The van der Waals surface area contributed by atoms with Gasteiger partial charge in [0.25, 0.3) is 0 Å². The monoisotopic (exact) mass is 454 g/mol. The fourth-order valence-corrected chi connectivity index (χ4v) is 3.31. The molecule has 1 amide bonds. The lowest BCUT2D eigenvalue weighted by Gasteiger charge is -2.32. The minimum Gasteiger partial charge on any atom is -0.464 e. The third-order valence-electron chi connectivity index (χ3n) is 4.83. The lowest BCUT2D eigenvalue weighted by Crippen LogP contribution is -2.56. The van der Waals surface area contributed by atoms with Gasteiger partial charge in [0.1, 0.15) is 5.60 Å². The Hall–Kier alpha value is -3.19. The smallest absolute Gasteiger partial charge is 0.341 e. The highest BCUT2D eigenvalue weighted by Gasteiger charge is 2.41. The van der Waals surface area contributed by atoms with Crippen LogP contribution in [0.5, 0.6) is 0 Å². The number of ether oxygens (including phenoxy) is 2. The molecule has 2 aromatic rings. The first-order valence-corrected chi connectivity index (χ1v) is 11.2. The minimum absolute atomic E-state index is 0.0153. The summed E-state index contributed by atoms with van der Waals surface area (Å²) in [4.78, 5) is 40.6. The molecule has 0 saturated carbocycles. The summed E-state index contributed by atoms with van der Waals surface area (Å²) < 4.78 is 10.6. The lowest BCUT2D eigenvalue weighted by atomic mass is 10.0. The summed E-state index contributed by atoms with van der Waals surface area (Å²) in [7, 11) is 0. The largest absolute Gasteiger partial charge is 0.464 e. The molecule has 0 bridgehead atoms. The number of carbonyl (C=O) groups is 3. The molecule has 7 heteroatoms. The first-order valence-electron chi connectivity index (χ1n) is 11.2. The number of nitrogens with two attached hydrogens (primary N) is 1. The Labute approximate surface area is 195 Å². The summed E-state index contributed by atoms with van der Waals surface area (Å²) in [5.74, 6) is -2.20. The Bertz CT molecular complexity index is 909. The summed E-state index contributed by atoms with van der Waals surface area (Å²) >= 11 is 0. The van der Waals surface area contributed by atoms with Crippen molar-refractivity contribution in [3.63, 3.8) is 0 Å². The molecule has 33 heavy (non-hydrogen) atoms. The van der Waals surface area contributed by atoms with Crippen molar-refractivity contribution >= 4 is 17.8 Å². The van der Waals surface area contributed by atoms with Crippen molar-refractivity contribution in [1.29, 1.82) is 0 Å². The summed E-state index contributed by atoms with van der Waals surface area (Å²) in [6.45, 7) is 6.80. The van der Waals surface area contributed by atoms with E-state index in [2.05, 4.69) is 0 Å². The highest BCUT2D eigenvalue weighted by molar-refractivity contribution is 6.03. The van der Waals surface area contributed by atoms with Crippen LogP contribution in [0.15, 0.2) is 60.7 Å². The molecule has 7 nitrogen and oxygen atoms in total. The summed E-state index contributed by atoms with van der Waals surface area (Å²) in [5, 5.41) is 0. The van der Waals surface area contributed by atoms with Gasteiger partial charge in [-0.2, -0.15) is 0 Å². The molecule has 0 aliphatic carbocycles. The standard InChI is InChI=1S/C26H34N2O5/c1-5-32-24(30)22(25(31)33-26(2,3)4)28(18-20-14-10-7-11-15-20)23(29)21(27)17-16-19-12-8-6-9-13-19/h6-15,21-22H,5,16-18,27H2,1-4H3/t21-,22-/m1/s1. The zero-order valence-corrected chi connectivity index (χ0v) is 19.8. The van der Waals surface area contributed by atoms with Crippen LogP contribution in [0.3, 0.4) is 0 Å². The Morgan fingerprint density at radius 2 is 1.45 bits per heavy atom. The molecule has 0 saturated heterocycles. The first-order chi connectivity index (χ1) is 15.6. The van der Waals surface area contributed by atoms with E-state index in [-0.39, 0.29) is 13.2 Å². The highest BCUT2D eigenvalue weighted by Crippen LogP contribution is 2.18. The molecular formula is C26H34N2O5. The van der Waals surface area contributed by atoms with Crippen molar-refractivity contribution < 1.29 is 23.9 Å². The Morgan fingerprint density at radius 3 is 1.97 bits per heavy atom. The van der Waals surface area contributed by atoms with E-state index in [0.717, 1.165) is 11.1 Å². The van der Waals surface area contributed by atoms with Crippen LogP contribution in [-0.2, 0) is 36.8 Å². The van der Waals surface area contributed by atoms with Crippen molar-refractivity contribution in [1.82, 2.24) is 4.90 Å². The van der Waals surface area contributed by atoms with Crippen molar-refractivity contribution in [2.45, 2.75) is 64.8 Å². The molecule has 2 atom stereocenters. The van der Waals surface area contributed by atoms with E-state index < -0.39 is 35.5 Å². The van der Waals surface area contributed by atoms with Gasteiger partial charge in [0.2, 0.25) is 11.9 Å². The van der Waals surface area contributed by atoms with Crippen LogP contribution in [0.25, 0.3) is 0 Å². The second-order valence-corrected chi connectivity index (χ2v) is 8.77. The van der Waals surface area contributed by atoms with Gasteiger partial charge in [-0.05, 0) is 51.7 Å². The molecule has 0 aliphatic heterocycles. The SMILES string of the molecule is CCOC(=O)[C@H](C(=O)OC(C)(C)C)N(Cc1ccccc1)C(=O)[C@H](N)CCc1ccccc1. The van der Waals surface area contributed by atoms with E-state index in [4.69, 9.17) is 15.2 Å². The van der Waals surface area contributed by atoms with Crippen molar-refractivity contribution in [3.8, 4) is 0 Å². The van der Waals surface area contributed by atoms with E-state index >= 15 is 0 Å². The molecule has 2 rings (SSSR count). The molecular weight excluding hydrogens is 420 g/mol. The maximum atomic E-state index is 13.5. The maximum Gasteiger partial charge on any atom is 0.341 e. The molecule has 0 aromatic heterocycles. The van der Waals surface area contributed by atoms with Gasteiger partial charge in [0, 0.05) is 6.54 Å². The number of hydrogen-bond donors (Lipinski definition) is 1. The second-order valence-electron chi connectivity index (χ2n) is 8.77. The highest BCUT2D eigenvalue weighted by atomic mass is 16.6. The van der Waals surface area contributed by atoms with Gasteiger partial charge < -0.3 is 20.1 Å². The van der Waals surface area contributed by atoms with Gasteiger partial charge in [-0.1, -0.05) is 60.7 Å². The molecule has 2 N–H and O–H groups in total. The molecule has 0 aliphatic rings. The van der Waals surface area contributed by atoms with Gasteiger partial charge in [-0.3, -0.25) is 4.79 Å². The zero-order valence-electron chi connectivity index (χ0n) is 19.8. The lowest BCUT2D eigenvalue weighted by molar-refractivity contribution is -0.175. The van der Waals surface area contributed by atoms with Crippen LogP contribution in [0.1, 0.15) is 45.2 Å². The number of amides is 1. The quantitative estimate of drug-likeness (QED) is 0.437. The number of esters is 2. The molecule has 178 valence electrons. The van der Waals surface area contributed by atoms with Crippen LogP contribution < -0.4 is 5.73 Å². The normalized spacial score (nSPS) is 13.0. The average molecular weight is 455 g/mol. The van der Waals surface area contributed by atoms with Gasteiger partial charge in [-0.25, -0.2) is 9.59 Å². The van der Waals surface area contributed by atoms with E-state index in [0.29, 0.717) is 12.8 Å². The number of carbonyl (C=O) groups excluding carboxylic acids is 3. The van der Waals surface area contributed by atoms with E-state index in [1.54, 1.807) is 27.7 Å². The predicted molar refractivity (Wildman–Crippen MR) is 126 cm³/mol. The van der Waals surface area contributed by atoms with Crippen LogP contribution in [0, 0.1) is 0 Å². The average Bonchev–Trinajstić information content (AvgIpc) is 2.77. The molecule has 0 fully saturated rings. The first kappa shape index (κ1) is 26.1. The summed E-state index contributed by atoms with van der Waals surface area (Å²) in [6.07, 6.45) is 0.946. The molecule has 0 radical (unpaired) electrons. The maximum absolute atomic E-state index is 13.5. The van der Waals surface area contributed by atoms with Gasteiger partial charge in [0.05, 0.1) is 12.6 Å². The zero-order chi connectivity index (χ0) is 24.4. The van der Waals surface area contributed by atoms with Crippen LogP contribution in [-0.4, -0.2) is 47.0 Å². The Kier molecular flexibility index (Phi) is 9.60. The van der Waals surface area contributed by atoms with E-state index in [1.807, 2.05) is 60.7 Å². The summed E-state index contributed by atoms with van der Waals surface area (Å²) in [5.41, 5.74) is 7.21. The number of hydrogen-bond acceptors (Lipinski definition) is 6. The van der Waals surface area contributed by atoms with E-state index in [1.165, 1.54) is 4.90 Å². The molecule has 0 heterocycles. The van der Waals surface area contributed by atoms with E-state index in [9.17, 15) is 14.4 Å². The number of aryl methyl sites for hydroxylation is 1. The van der Waals surface area contributed by atoms with Crippen molar-refractivity contribution in [2.75, 3.05) is 6.61 Å². The predicted octanol–water partition coefficient (Wildman–Crippen LogP) is 3.25. The minimum atomic E-state index is -1.56. The number of nitrogens with zero attached hydrogens (tertiary/aromatic N) is 1. The third kappa shape index (κ3) is 8.35. The second kappa shape index (κ2) is 12.2. The third-order valence-corrected chi connectivity index (χ3v) is 4.83. The molecule has 2 aromatic carbocycles. The van der Waals surface area contributed by atoms with Crippen molar-refractivity contribution in [3.05, 3.63) is 71.8 Å². The summed E-state index contributed by atoms with van der Waals surface area (Å²) in [6, 6.07) is 16.3. The number of benzene rings is 2. The fraction of sp³-hybridized carbons (Fsp3) is 0.423. The van der Waals surface area contributed by atoms with Gasteiger partial charge in [-0.15, -0.1) is 0 Å². The van der Waals surface area contributed by atoms with Crippen molar-refractivity contribution in [2.24, 2.45) is 5.73 Å². The number of rotatable bonds is 10. The molecule has 0 unspecified atom stereocenters. The Balaban J connectivity index is 2.34. The fourth-order valence-electron chi connectivity index (χ4n) is 3.31. The van der Waals surface area contributed by atoms with Crippen LogP contribution >= 0.6 is 0 Å². The van der Waals surface area contributed by atoms with Gasteiger partial charge >= 0.3 is 11.9 Å². The Morgan fingerprint density at radius 1 is 0.909 bits per heavy atom. The van der Waals surface area contributed by atoms with Gasteiger partial charge in [0.15, 0.2) is 0 Å². The molecule has 0 spiro atoms. The topological polar surface area (TPSA) is 98.9 Å². The van der Waals surface area contributed by atoms with Crippen LogP contribution in [0.2, 0.25) is 0 Å². The van der Waals surface area contributed by atoms with Crippen LogP contribution in [0.4, 0.5) is 0 Å².